The Hall–Kier alpha value is -1.95. The number of benzene rings is 1. The molecule has 1 amide bonds. The van der Waals surface area contributed by atoms with Crippen LogP contribution in [0.2, 0.25) is 0 Å². The molecule has 1 heterocycles. The van der Waals surface area contributed by atoms with E-state index in [1.165, 1.54) is 17.6 Å². The number of ether oxygens (including phenoxy) is 1. The number of carbonyl (C=O) groups excluding carboxylic acids is 1. The number of rotatable bonds is 6. The Morgan fingerprint density at radius 1 is 1.27 bits per heavy atom. The van der Waals surface area contributed by atoms with Crippen LogP contribution in [0.3, 0.4) is 0 Å². The third-order valence-electron chi connectivity index (χ3n) is 4.39. The molecule has 6 nitrogen and oxygen atoms in total. The molecule has 3 rings (SSSR count). The zero-order valence-corrected chi connectivity index (χ0v) is 12.9. The minimum atomic E-state index is -0.0531. The van der Waals surface area contributed by atoms with Crippen LogP contribution in [-0.2, 0) is 16.1 Å². The van der Waals surface area contributed by atoms with Gasteiger partial charge in [0, 0.05) is 19.1 Å². The molecule has 0 bridgehead atoms. The third kappa shape index (κ3) is 3.27. The largest absolute Gasteiger partial charge is 0.384 e. The molecule has 118 valence electrons. The lowest BCUT2D eigenvalue weighted by Gasteiger charge is -2.28. The number of methoxy groups -OCH3 is 1. The Balaban J connectivity index is 1.57. The topological polar surface area (TPSA) is 69.0 Å². The maximum Gasteiger partial charge on any atom is 0.243 e. The normalized spacial score (nSPS) is 17.0. The summed E-state index contributed by atoms with van der Waals surface area (Å²) in [5, 5.41) is 11.6. The number of amides is 1. The lowest BCUT2D eigenvalue weighted by molar-refractivity contribution is -0.122. The molecule has 1 aromatic carbocycles. The van der Waals surface area contributed by atoms with E-state index in [-0.39, 0.29) is 17.9 Å². The van der Waals surface area contributed by atoms with Crippen LogP contribution < -0.4 is 5.32 Å². The average Bonchev–Trinajstić information content (AvgIpc) is 3.12. The first kappa shape index (κ1) is 15.0. The zero-order chi connectivity index (χ0) is 15.4. The molecule has 1 N–H and O–H groups in total. The molecule has 1 aliphatic carbocycles. The molecule has 0 radical (unpaired) electrons. The summed E-state index contributed by atoms with van der Waals surface area (Å²) in [4.78, 5) is 13.6. The standard InChI is InChI=1S/C16H22N4O2/c1-22-12-16(8-4-5-9-16)11-17-15(21)10-20-18-13-6-2-3-7-14(13)19-20/h2-3,6-7H,4-5,8-12H2,1H3,(H,17,21). The number of fused-ring (bicyclic) bond motifs is 1. The molecule has 0 spiro atoms. The highest BCUT2D eigenvalue weighted by Gasteiger charge is 2.34. The number of nitrogens with one attached hydrogen (secondary N) is 1. The third-order valence-corrected chi connectivity index (χ3v) is 4.39. The Labute approximate surface area is 129 Å². The second-order valence-corrected chi connectivity index (χ2v) is 6.14. The molecular weight excluding hydrogens is 280 g/mol. The predicted molar refractivity (Wildman–Crippen MR) is 83.3 cm³/mol. The van der Waals surface area contributed by atoms with E-state index in [4.69, 9.17) is 4.74 Å². The highest BCUT2D eigenvalue weighted by molar-refractivity contribution is 5.77. The Bertz CT molecular complexity index is 613. The Morgan fingerprint density at radius 3 is 2.50 bits per heavy atom. The Kier molecular flexibility index (Phi) is 4.38. The summed E-state index contributed by atoms with van der Waals surface area (Å²) in [5.41, 5.74) is 1.72. The molecule has 0 saturated heterocycles. The van der Waals surface area contributed by atoms with Crippen LogP contribution in [0.1, 0.15) is 25.7 Å². The fraction of sp³-hybridized carbons (Fsp3) is 0.562. The first-order valence-electron chi connectivity index (χ1n) is 7.76. The lowest BCUT2D eigenvalue weighted by Crippen LogP contribution is -2.40. The highest BCUT2D eigenvalue weighted by Crippen LogP contribution is 2.37. The minimum absolute atomic E-state index is 0.0531. The number of carbonyl (C=O) groups is 1. The number of hydrogen-bond acceptors (Lipinski definition) is 4. The molecule has 1 saturated carbocycles. The number of hydrogen-bond donors (Lipinski definition) is 1. The SMILES string of the molecule is COCC1(CNC(=O)Cn2nc3ccccc3n2)CCCC1. The fourth-order valence-corrected chi connectivity index (χ4v) is 3.25. The van der Waals surface area contributed by atoms with Crippen molar-refractivity contribution in [1.29, 1.82) is 0 Å². The van der Waals surface area contributed by atoms with E-state index < -0.39 is 0 Å². The van der Waals surface area contributed by atoms with Gasteiger partial charge in [0.25, 0.3) is 0 Å². The van der Waals surface area contributed by atoms with E-state index >= 15 is 0 Å². The minimum Gasteiger partial charge on any atom is -0.384 e. The molecular formula is C16H22N4O2. The summed E-state index contributed by atoms with van der Waals surface area (Å²) in [7, 11) is 1.72. The molecule has 6 heteroatoms. The zero-order valence-electron chi connectivity index (χ0n) is 12.9. The van der Waals surface area contributed by atoms with Crippen molar-refractivity contribution in [2.45, 2.75) is 32.2 Å². The molecule has 22 heavy (non-hydrogen) atoms. The number of nitrogens with zero attached hydrogens (tertiary/aromatic N) is 3. The van der Waals surface area contributed by atoms with E-state index in [9.17, 15) is 4.79 Å². The molecule has 0 aliphatic heterocycles. The van der Waals surface area contributed by atoms with E-state index in [0.717, 1.165) is 23.9 Å². The summed E-state index contributed by atoms with van der Waals surface area (Å²) in [6.07, 6.45) is 4.66. The lowest BCUT2D eigenvalue weighted by atomic mass is 9.87. The monoisotopic (exact) mass is 302 g/mol. The summed E-state index contributed by atoms with van der Waals surface area (Å²) >= 11 is 0. The van der Waals surface area contributed by atoms with Crippen LogP contribution in [-0.4, -0.2) is 41.2 Å². The molecule has 0 atom stereocenters. The summed E-state index contributed by atoms with van der Waals surface area (Å²) in [6.45, 7) is 1.52. The second-order valence-electron chi connectivity index (χ2n) is 6.14. The van der Waals surface area contributed by atoms with Crippen molar-refractivity contribution in [3.63, 3.8) is 0 Å². The van der Waals surface area contributed by atoms with Gasteiger partial charge in [0.05, 0.1) is 6.61 Å². The molecule has 1 fully saturated rings. The molecule has 0 unspecified atom stereocenters. The Morgan fingerprint density at radius 2 is 1.91 bits per heavy atom. The van der Waals surface area contributed by atoms with Crippen molar-refractivity contribution < 1.29 is 9.53 Å². The first-order valence-corrected chi connectivity index (χ1v) is 7.76. The van der Waals surface area contributed by atoms with Crippen LogP contribution in [0.25, 0.3) is 11.0 Å². The molecule has 1 aliphatic rings. The van der Waals surface area contributed by atoms with Gasteiger partial charge in [-0.05, 0) is 25.0 Å². The predicted octanol–water partition coefficient (Wildman–Crippen LogP) is 1.75. The summed E-state index contributed by atoms with van der Waals surface area (Å²) in [6, 6.07) is 7.61. The van der Waals surface area contributed by atoms with E-state index in [2.05, 4.69) is 15.5 Å². The van der Waals surface area contributed by atoms with Crippen LogP contribution in [0, 0.1) is 5.41 Å². The van der Waals surface area contributed by atoms with Gasteiger partial charge < -0.3 is 10.1 Å². The van der Waals surface area contributed by atoms with Gasteiger partial charge in [-0.2, -0.15) is 15.0 Å². The van der Waals surface area contributed by atoms with Gasteiger partial charge in [-0.3, -0.25) is 4.79 Å². The van der Waals surface area contributed by atoms with Gasteiger partial charge in [0.1, 0.15) is 17.6 Å². The smallest absolute Gasteiger partial charge is 0.243 e. The molecule has 2 aromatic rings. The van der Waals surface area contributed by atoms with Gasteiger partial charge in [0.15, 0.2) is 0 Å². The second kappa shape index (κ2) is 6.44. The van der Waals surface area contributed by atoms with Gasteiger partial charge in [-0.1, -0.05) is 25.0 Å². The van der Waals surface area contributed by atoms with Crippen LogP contribution >= 0.6 is 0 Å². The van der Waals surface area contributed by atoms with Crippen molar-refractivity contribution in [3.8, 4) is 0 Å². The first-order chi connectivity index (χ1) is 10.7. The highest BCUT2D eigenvalue weighted by atomic mass is 16.5. The number of aromatic nitrogens is 3. The summed E-state index contributed by atoms with van der Waals surface area (Å²) < 4.78 is 5.34. The van der Waals surface area contributed by atoms with Gasteiger partial charge in [0.2, 0.25) is 5.91 Å². The van der Waals surface area contributed by atoms with Gasteiger partial charge in [-0.25, -0.2) is 0 Å². The van der Waals surface area contributed by atoms with Crippen molar-refractivity contribution >= 4 is 16.9 Å². The van der Waals surface area contributed by atoms with Crippen molar-refractivity contribution in [2.75, 3.05) is 20.3 Å². The maximum absolute atomic E-state index is 12.1. The average molecular weight is 302 g/mol. The maximum atomic E-state index is 12.1. The van der Waals surface area contributed by atoms with Crippen LogP contribution in [0.15, 0.2) is 24.3 Å². The van der Waals surface area contributed by atoms with Crippen molar-refractivity contribution in [2.24, 2.45) is 5.41 Å². The van der Waals surface area contributed by atoms with Crippen LogP contribution in [0.4, 0.5) is 0 Å². The van der Waals surface area contributed by atoms with Crippen LogP contribution in [0.5, 0.6) is 0 Å². The van der Waals surface area contributed by atoms with Gasteiger partial charge >= 0.3 is 0 Å². The van der Waals surface area contributed by atoms with E-state index in [1.54, 1.807) is 7.11 Å². The van der Waals surface area contributed by atoms with Crippen molar-refractivity contribution in [3.05, 3.63) is 24.3 Å². The molecule has 1 aromatic heterocycles. The van der Waals surface area contributed by atoms with Gasteiger partial charge in [-0.15, -0.1) is 0 Å². The van der Waals surface area contributed by atoms with Crippen molar-refractivity contribution in [1.82, 2.24) is 20.3 Å². The van der Waals surface area contributed by atoms with E-state index in [1.807, 2.05) is 24.3 Å². The van der Waals surface area contributed by atoms with E-state index in [0.29, 0.717) is 13.2 Å². The quantitative estimate of drug-likeness (QED) is 0.882. The summed E-state index contributed by atoms with van der Waals surface area (Å²) in [5.74, 6) is -0.0531. The fourth-order valence-electron chi connectivity index (χ4n) is 3.25.